The second-order valence-corrected chi connectivity index (χ2v) is 5.17. The van der Waals surface area contributed by atoms with Crippen LogP contribution in [-0.4, -0.2) is 16.2 Å². The van der Waals surface area contributed by atoms with Crippen LogP contribution in [0.25, 0.3) is 0 Å². The number of para-hydroxylation sites is 1. The third-order valence-corrected chi connectivity index (χ3v) is 3.37. The van der Waals surface area contributed by atoms with Crippen molar-refractivity contribution in [1.82, 2.24) is 0 Å². The molecule has 124 valence electrons. The summed E-state index contributed by atoms with van der Waals surface area (Å²) in [4.78, 5) is 14.5. The van der Waals surface area contributed by atoms with Crippen molar-refractivity contribution in [3.8, 4) is 17.2 Å². The summed E-state index contributed by atoms with van der Waals surface area (Å²) in [6.45, 7) is 0. The number of aromatic hydroxyl groups is 1. The number of ether oxygens (including phenoxy) is 1. The van der Waals surface area contributed by atoms with E-state index in [2.05, 4.69) is 4.99 Å². The van der Waals surface area contributed by atoms with Crippen molar-refractivity contribution >= 4 is 17.6 Å². The van der Waals surface area contributed by atoms with Gasteiger partial charge in [0.1, 0.15) is 11.5 Å². The zero-order chi connectivity index (χ0) is 17.6. The van der Waals surface area contributed by atoms with Crippen molar-refractivity contribution in [2.24, 2.45) is 4.99 Å². The summed E-state index contributed by atoms with van der Waals surface area (Å²) in [6.07, 6.45) is 1.50. The molecule has 6 heteroatoms. The summed E-state index contributed by atoms with van der Waals surface area (Å²) < 4.78 is 5.70. The highest BCUT2D eigenvalue weighted by Crippen LogP contribution is 2.26. The van der Waals surface area contributed by atoms with Gasteiger partial charge in [-0.15, -0.1) is 0 Å². The van der Waals surface area contributed by atoms with E-state index in [1.807, 2.05) is 30.3 Å². The van der Waals surface area contributed by atoms with Gasteiger partial charge in [0, 0.05) is 12.3 Å². The number of nitro groups is 1. The highest BCUT2D eigenvalue weighted by Gasteiger charge is 2.12. The van der Waals surface area contributed by atoms with Gasteiger partial charge in [0.2, 0.25) is 0 Å². The maximum atomic E-state index is 10.8. The number of aliphatic imine (C=N–C) groups is 1. The minimum atomic E-state index is -0.637. The van der Waals surface area contributed by atoms with Crippen LogP contribution in [0.5, 0.6) is 17.2 Å². The predicted molar refractivity (Wildman–Crippen MR) is 95.0 cm³/mol. The number of nitrogens with zero attached hydrogens (tertiary/aromatic N) is 2. The fourth-order valence-corrected chi connectivity index (χ4v) is 2.14. The maximum absolute atomic E-state index is 10.8. The van der Waals surface area contributed by atoms with E-state index in [9.17, 15) is 15.2 Å². The van der Waals surface area contributed by atoms with Crippen LogP contribution < -0.4 is 4.74 Å². The molecule has 25 heavy (non-hydrogen) atoms. The normalized spacial score (nSPS) is 10.7. The van der Waals surface area contributed by atoms with Crippen LogP contribution in [0.15, 0.2) is 77.8 Å². The van der Waals surface area contributed by atoms with Gasteiger partial charge in [0.15, 0.2) is 5.75 Å². The molecule has 0 aliphatic heterocycles. The van der Waals surface area contributed by atoms with Crippen LogP contribution in [0, 0.1) is 10.1 Å². The van der Waals surface area contributed by atoms with Crippen LogP contribution in [0.2, 0.25) is 0 Å². The minimum Gasteiger partial charge on any atom is -0.502 e. The Labute approximate surface area is 143 Å². The lowest BCUT2D eigenvalue weighted by Gasteiger charge is -2.05. The SMILES string of the molecule is O=[N+]([O-])c1cc(C=Nc2ccc(Oc3ccccc3)cc2)ccc1O. The number of hydrogen-bond donors (Lipinski definition) is 1. The number of hydrogen-bond acceptors (Lipinski definition) is 5. The third-order valence-electron chi connectivity index (χ3n) is 3.37. The molecule has 0 aliphatic carbocycles. The lowest BCUT2D eigenvalue weighted by Crippen LogP contribution is -1.90. The van der Waals surface area contributed by atoms with E-state index in [4.69, 9.17) is 4.74 Å². The molecule has 0 unspecified atom stereocenters. The lowest BCUT2D eigenvalue weighted by molar-refractivity contribution is -0.385. The van der Waals surface area contributed by atoms with Gasteiger partial charge in [0.25, 0.3) is 0 Å². The van der Waals surface area contributed by atoms with Gasteiger partial charge in [-0.25, -0.2) is 0 Å². The van der Waals surface area contributed by atoms with Gasteiger partial charge in [-0.3, -0.25) is 15.1 Å². The number of nitro benzene ring substituents is 1. The Bertz CT molecular complexity index is 906. The molecule has 0 aromatic heterocycles. The zero-order valence-electron chi connectivity index (χ0n) is 13.1. The summed E-state index contributed by atoms with van der Waals surface area (Å²) >= 11 is 0. The second-order valence-electron chi connectivity index (χ2n) is 5.17. The van der Waals surface area contributed by atoms with E-state index in [-0.39, 0.29) is 11.4 Å². The molecule has 1 N–H and O–H groups in total. The molecule has 0 saturated carbocycles. The highest BCUT2D eigenvalue weighted by atomic mass is 16.6. The molecule has 0 bridgehead atoms. The molecule has 3 aromatic rings. The van der Waals surface area contributed by atoms with Gasteiger partial charge < -0.3 is 9.84 Å². The predicted octanol–water partition coefficient (Wildman–Crippen LogP) is 4.84. The third kappa shape index (κ3) is 4.20. The Morgan fingerprint density at radius 2 is 1.64 bits per heavy atom. The molecule has 0 saturated heterocycles. The van der Waals surface area contributed by atoms with Gasteiger partial charge in [-0.2, -0.15) is 0 Å². The van der Waals surface area contributed by atoms with E-state index < -0.39 is 4.92 Å². The van der Waals surface area contributed by atoms with Crippen molar-refractivity contribution in [2.75, 3.05) is 0 Å². The van der Waals surface area contributed by atoms with E-state index >= 15 is 0 Å². The topological polar surface area (TPSA) is 85.0 Å². The van der Waals surface area contributed by atoms with Crippen LogP contribution >= 0.6 is 0 Å². The minimum absolute atomic E-state index is 0.351. The first kappa shape index (κ1) is 16.2. The molecule has 0 aliphatic rings. The molecule has 0 radical (unpaired) electrons. The van der Waals surface area contributed by atoms with Crippen LogP contribution in [-0.2, 0) is 0 Å². The summed E-state index contributed by atoms with van der Waals surface area (Å²) in [5.74, 6) is 1.06. The summed E-state index contributed by atoms with van der Waals surface area (Å²) in [7, 11) is 0. The smallest absolute Gasteiger partial charge is 0.311 e. The monoisotopic (exact) mass is 334 g/mol. The van der Waals surface area contributed by atoms with Gasteiger partial charge >= 0.3 is 5.69 Å². The molecule has 0 amide bonds. The lowest BCUT2D eigenvalue weighted by atomic mass is 10.2. The van der Waals surface area contributed by atoms with Crippen molar-refractivity contribution in [3.05, 3.63) is 88.5 Å². The zero-order valence-corrected chi connectivity index (χ0v) is 13.1. The molecule has 3 aromatic carbocycles. The van der Waals surface area contributed by atoms with Crippen molar-refractivity contribution in [3.63, 3.8) is 0 Å². The number of benzene rings is 3. The Kier molecular flexibility index (Phi) is 4.71. The Morgan fingerprint density at radius 3 is 2.32 bits per heavy atom. The number of rotatable bonds is 5. The average Bonchev–Trinajstić information content (AvgIpc) is 2.63. The molecular formula is C19H14N2O4. The Morgan fingerprint density at radius 1 is 0.960 bits per heavy atom. The maximum Gasteiger partial charge on any atom is 0.311 e. The van der Waals surface area contributed by atoms with E-state index in [1.54, 1.807) is 30.3 Å². The van der Waals surface area contributed by atoms with Crippen LogP contribution in [0.3, 0.4) is 0 Å². The van der Waals surface area contributed by atoms with Crippen molar-refractivity contribution in [1.29, 1.82) is 0 Å². The molecule has 3 rings (SSSR count). The number of phenols is 1. The van der Waals surface area contributed by atoms with Gasteiger partial charge in [-0.1, -0.05) is 18.2 Å². The fraction of sp³-hybridized carbons (Fsp3) is 0. The largest absolute Gasteiger partial charge is 0.502 e. The quantitative estimate of drug-likeness (QED) is 0.411. The van der Waals surface area contributed by atoms with Crippen LogP contribution in [0.4, 0.5) is 11.4 Å². The Hall–Kier alpha value is -3.67. The van der Waals surface area contributed by atoms with E-state index in [1.165, 1.54) is 18.3 Å². The van der Waals surface area contributed by atoms with Gasteiger partial charge in [-0.05, 0) is 54.1 Å². The highest BCUT2D eigenvalue weighted by molar-refractivity contribution is 5.83. The summed E-state index contributed by atoms with van der Waals surface area (Å²) in [5, 5.41) is 20.3. The molecular weight excluding hydrogens is 320 g/mol. The molecule has 6 nitrogen and oxygen atoms in total. The standard InChI is InChI=1S/C19H14N2O4/c22-19-11-6-14(12-18(19)21(23)24)13-20-15-7-9-17(10-8-15)25-16-4-2-1-3-5-16/h1-13,22H. The first-order valence-electron chi connectivity index (χ1n) is 7.46. The first-order valence-corrected chi connectivity index (χ1v) is 7.46. The second kappa shape index (κ2) is 7.27. The molecule has 0 atom stereocenters. The van der Waals surface area contributed by atoms with E-state index in [0.717, 1.165) is 5.75 Å². The average molecular weight is 334 g/mol. The fourth-order valence-electron chi connectivity index (χ4n) is 2.14. The Balaban J connectivity index is 1.72. The molecule has 0 heterocycles. The van der Waals surface area contributed by atoms with Crippen molar-refractivity contribution < 1.29 is 14.8 Å². The van der Waals surface area contributed by atoms with E-state index in [0.29, 0.717) is 17.0 Å². The van der Waals surface area contributed by atoms with Crippen molar-refractivity contribution in [2.45, 2.75) is 0 Å². The summed E-state index contributed by atoms with van der Waals surface area (Å²) in [5.41, 5.74) is 0.848. The van der Waals surface area contributed by atoms with Gasteiger partial charge in [0.05, 0.1) is 10.6 Å². The first-order chi connectivity index (χ1) is 12.1. The summed E-state index contributed by atoms with van der Waals surface area (Å²) in [6, 6.07) is 20.7. The van der Waals surface area contributed by atoms with Crippen LogP contribution in [0.1, 0.15) is 5.56 Å². The molecule has 0 spiro atoms. The number of phenolic OH excluding ortho intramolecular Hbond substituents is 1. The molecule has 0 fully saturated rings.